The third-order valence-corrected chi connectivity index (χ3v) is 4.71. The van der Waals surface area contributed by atoms with Crippen LogP contribution in [0.15, 0.2) is 45.6 Å². The van der Waals surface area contributed by atoms with Gasteiger partial charge in [0.15, 0.2) is 0 Å². The van der Waals surface area contributed by atoms with Crippen LogP contribution in [0.2, 0.25) is 0 Å². The molecule has 1 N–H and O–H groups in total. The van der Waals surface area contributed by atoms with Gasteiger partial charge in [0.05, 0.1) is 24.5 Å². The fraction of sp³-hybridized carbons (Fsp3) is 0.350. The number of ether oxygens (including phenoxy) is 1. The van der Waals surface area contributed by atoms with E-state index in [1.54, 1.807) is 31.4 Å². The highest BCUT2D eigenvalue weighted by molar-refractivity contribution is 5.91. The summed E-state index contributed by atoms with van der Waals surface area (Å²) < 4.78 is 11.3. The van der Waals surface area contributed by atoms with Gasteiger partial charge in [0.1, 0.15) is 16.9 Å². The number of aliphatic hydroxyl groups is 1. The van der Waals surface area contributed by atoms with Crippen LogP contribution in [0.4, 0.5) is 0 Å². The molecule has 5 heteroatoms. The molecule has 0 amide bonds. The van der Waals surface area contributed by atoms with E-state index in [9.17, 15) is 9.90 Å². The lowest BCUT2D eigenvalue weighted by Crippen LogP contribution is -2.33. The molecule has 0 saturated heterocycles. The summed E-state index contributed by atoms with van der Waals surface area (Å²) in [5.41, 5.74) is 1.99. The summed E-state index contributed by atoms with van der Waals surface area (Å²) in [6.45, 7) is 2.73. The van der Waals surface area contributed by atoms with Crippen molar-refractivity contribution in [3.8, 4) is 5.75 Å². The summed E-state index contributed by atoms with van der Waals surface area (Å²) in [6, 6.07) is 10.9. The smallest absolute Gasteiger partial charge is 0.200 e. The zero-order chi connectivity index (χ0) is 18.0. The van der Waals surface area contributed by atoms with Gasteiger partial charge < -0.3 is 14.3 Å². The SMILES string of the molecule is CC[C@@H](CO)N(C)Cc1cccc2c(=O)c3ccc(OC)cc3oc12. The molecule has 0 fully saturated rings. The van der Waals surface area contributed by atoms with E-state index >= 15 is 0 Å². The van der Waals surface area contributed by atoms with Crippen LogP contribution in [0, 0.1) is 0 Å². The first-order valence-corrected chi connectivity index (χ1v) is 8.42. The summed E-state index contributed by atoms with van der Waals surface area (Å²) in [5.74, 6) is 0.649. The number of nitrogens with zero attached hydrogens (tertiary/aromatic N) is 1. The zero-order valence-corrected chi connectivity index (χ0v) is 14.8. The molecule has 0 spiro atoms. The predicted molar refractivity (Wildman–Crippen MR) is 99.2 cm³/mol. The van der Waals surface area contributed by atoms with Crippen LogP contribution in [0.3, 0.4) is 0 Å². The quantitative estimate of drug-likeness (QED) is 0.698. The molecule has 0 saturated carbocycles. The highest BCUT2D eigenvalue weighted by Crippen LogP contribution is 2.25. The molecule has 1 aromatic heterocycles. The number of aliphatic hydroxyl groups excluding tert-OH is 1. The lowest BCUT2D eigenvalue weighted by Gasteiger charge is -2.25. The second-order valence-electron chi connectivity index (χ2n) is 6.25. The Bertz CT molecular complexity index is 943. The minimum absolute atomic E-state index is 0.0439. The Morgan fingerprint density at radius 1 is 1.24 bits per heavy atom. The zero-order valence-electron chi connectivity index (χ0n) is 14.8. The van der Waals surface area contributed by atoms with Gasteiger partial charge in [-0.1, -0.05) is 19.1 Å². The van der Waals surface area contributed by atoms with Crippen molar-refractivity contribution in [3.05, 3.63) is 52.2 Å². The topological polar surface area (TPSA) is 62.9 Å². The molecule has 2 aromatic carbocycles. The highest BCUT2D eigenvalue weighted by Gasteiger charge is 2.16. The molecule has 1 atom stereocenters. The number of hydrogen-bond acceptors (Lipinski definition) is 5. The molecule has 0 unspecified atom stereocenters. The normalized spacial score (nSPS) is 12.8. The van der Waals surface area contributed by atoms with Crippen molar-refractivity contribution in [2.75, 3.05) is 20.8 Å². The highest BCUT2D eigenvalue weighted by atomic mass is 16.5. The van der Waals surface area contributed by atoms with Gasteiger partial charge in [-0.25, -0.2) is 0 Å². The number of fused-ring (bicyclic) bond motifs is 2. The van der Waals surface area contributed by atoms with Gasteiger partial charge in [-0.05, 0) is 31.7 Å². The van der Waals surface area contributed by atoms with Crippen molar-refractivity contribution < 1.29 is 14.3 Å². The van der Waals surface area contributed by atoms with E-state index in [0.717, 1.165) is 12.0 Å². The van der Waals surface area contributed by atoms with Crippen molar-refractivity contribution in [3.63, 3.8) is 0 Å². The van der Waals surface area contributed by atoms with Crippen LogP contribution in [-0.2, 0) is 6.54 Å². The summed E-state index contributed by atoms with van der Waals surface area (Å²) in [5, 5.41) is 10.6. The number of benzene rings is 2. The first-order valence-electron chi connectivity index (χ1n) is 8.42. The maximum atomic E-state index is 12.8. The van der Waals surface area contributed by atoms with Crippen molar-refractivity contribution in [1.82, 2.24) is 4.90 Å². The average Bonchev–Trinajstić information content (AvgIpc) is 2.63. The van der Waals surface area contributed by atoms with Gasteiger partial charge in [-0.15, -0.1) is 0 Å². The second-order valence-corrected chi connectivity index (χ2v) is 6.25. The molecule has 1 heterocycles. The molecule has 0 aliphatic heterocycles. The van der Waals surface area contributed by atoms with Crippen LogP contribution in [0.25, 0.3) is 21.9 Å². The molecule has 3 rings (SSSR count). The second kappa shape index (κ2) is 7.25. The standard InChI is InChI=1S/C20H23NO4/c1-4-14(12-22)21(2)11-13-6-5-7-17-19(23)16-9-8-15(24-3)10-18(16)25-20(13)17/h5-10,14,22H,4,11-12H2,1-3H3/t14-/m0/s1. The largest absolute Gasteiger partial charge is 0.497 e. The molecule has 0 bridgehead atoms. The predicted octanol–water partition coefficient (Wildman–Crippen LogP) is 3.16. The molecular weight excluding hydrogens is 318 g/mol. The van der Waals surface area contributed by atoms with Crippen LogP contribution >= 0.6 is 0 Å². The first kappa shape index (κ1) is 17.5. The third kappa shape index (κ3) is 3.25. The number of likely N-dealkylation sites (N-methyl/N-ethyl adjacent to an activating group) is 1. The maximum absolute atomic E-state index is 12.8. The molecule has 0 aliphatic rings. The van der Waals surface area contributed by atoms with Crippen LogP contribution < -0.4 is 10.2 Å². The number of methoxy groups -OCH3 is 1. The van der Waals surface area contributed by atoms with Gasteiger partial charge in [-0.2, -0.15) is 0 Å². The minimum atomic E-state index is -0.0439. The van der Waals surface area contributed by atoms with Crippen molar-refractivity contribution in [2.24, 2.45) is 0 Å². The molecule has 5 nitrogen and oxygen atoms in total. The maximum Gasteiger partial charge on any atom is 0.200 e. The van der Waals surface area contributed by atoms with E-state index < -0.39 is 0 Å². The lowest BCUT2D eigenvalue weighted by atomic mass is 10.1. The Morgan fingerprint density at radius 2 is 2.04 bits per heavy atom. The Morgan fingerprint density at radius 3 is 2.72 bits per heavy atom. The molecule has 0 aliphatic carbocycles. The Labute approximate surface area is 146 Å². The minimum Gasteiger partial charge on any atom is -0.497 e. The van der Waals surface area contributed by atoms with E-state index in [-0.39, 0.29) is 18.1 Å². The summed E-state index contributed by atoms with van der Waals surface area (Å²) in [6.07, 6.45) is 0.849. The summed E-state index contributed by atoms with van der Waals surface area (Å²) >= 11 is 0. The molecule has 132 valence electrons. The van der Waals surface area contributed by atoms with E-state index in [4.69, 9.17) is 9.15 Å². The van der Waals surface area contributed by atoms with Gasteiger partial charge >= 0.3 is 0 Å². The van der Waals surface area contributed by atoms with E-state index in [1.165, 1.54) is 0 Å². The van der Waals surface area contributed by atoms with E-state index in [2.05, 4.69) is 4.90 Å². The van der Waals surface area contributed by atoms with Gasteiger partial charge in [0.25, 0.3) is 0 Å². The van der Waals surface area contributed by atoms with Crippen molar-refractivity contribution in [1.29, 1.82) is 0 Å². The molecular formula is C20H23NO4. The van der Waals surface area contributed by atoms with E-state index in [1.807, 2.05) is 26.1 Å². The van der Waals surface area contributed by atoms with Crippen LogP contribution in [0.5, 0.6) is 5.75 Å². The van der Waals surface area contributed by atoms with E-state index in [0.29, 0.717) is 34.2 Å². The Kier molecular flexibility index (Phi) is 5.06. The third-order valence-electron chi connectivity index (χ3n) is 4.71. The number of para-hydroxylation sites is 1. The molecule has 25 heavy (non-hydrogen) atoms. The Hall–Kier alpha value is -2.37. The fourth-order valence-electron chi connectivity index (χ4n) is 3.14. The monoisotopic (exact) mass is 341 g/mol. The fourth-order valence-corrected chi connectivity index (χ4v) is 3.14. The lowest BCUT2D eigenvalue weighted by molar-refractivity contribution is 0.138. The van der Waals surface area contributed by atoms with Crippen molar-refractivity contribution in [2.45, 2.75) is 25.9 Å². The van der Waals surface area contributed by atoms with Crippen LogP contribution in [-0.4, -0.2) is 36.8 Å². The van der Waals surface area contributed by atoms with Crippen molar-refractivity contribution >= 4 is 21.9 Å². The van der Waals surface area contributed by atoms with Gasteiger partial charge in [0.2, 0.25) is 5.43 Å². The number of hydrogen-bond donors (Lipinski definition) is 1. The first-order chi connectivity index (χ1) is 12.1. The number of rotatable bonds is 6. The molecule has 0 radical (unpaired) electrons. The average molecular weight is 341 g/mol. The molecule has 3 aromatic rings. The summed E-state index contributed by atoms with van der Waals surface area (Å²) in [7, 11) is 3.55. The van der Waals surface area contributed by atoms with Crippen LogP contribution in [0.1, 0.15) is 18.9 Å². The summed E-state index contributed by atoms with van der Waals surface area (Å²) in [4.78, 5) is 14.9. The van der Waals surface area contributed by atoms with Gasteiger partial charge in [0, 0.05) is 24.2 Å². The van der Waals surface area contributed by atoms with Gasteiger partial charge in [-0.3, -0.25) is 9.69 Å². The Balaban J connectivity index is 2.15.